The minimum Gasteiger partial charge on any atom is -0.465 e. The van der Waals surface area contributed by atoms with Gasteiger partial charge >= 0.3 is 5.97 Å². The zero-order chi connectivity index (χ0) is 20.4. The van der Waals surface area contributed by atoms with Crippen LogP contribution < -0.4 is 5.32 Å². The van der Waals surface area contributed by atoms with Crippen molar-refractivity contribution in [2.45, 2.75) is 38.2 Å². The third-order valence-electron chi connectivity index (χ3n) is 5.82. The summed E-state index contributed by atoms with van der Waals surface area (Å²) in [6.45, 7) is 3.41. The number of esters is 1. The summed E-state index contributed by atoms with van der Waals surface area (Å²) in [7, 11) is 1.37. The number of methoxy groups -OCH3 is 1. The number of aryl methyl sites for hydroxylation is 1. The van der Waals surface area contributed by atoms with E-state index in [1.54, 1.807) is 0 Å². The summed E-state index contributed by atoms with van der Waals surface area (Å²) in [6, 6.07) is 0. The van der Waals surface area contributed by atoms with E-state index in [0.717, 1.165) is 37.7 Å². The summed E-state index contributed by atoms with van der Waals surface area (Å²) in [6.07, 6.45) is 4.29. The molecule has 8 nitrogen and oxygen atoms in total. The Bertz CT molecular complexity index is 794. The lowest BCUT2D eigenvalue weighted by atomic mass is 10.1. The van der Waals surface area contributed by atoms with Crippen molar-refractivity contribution in [1.82, 2.24) is 9.80 Å². The van der Waals surface area contributed by atoms with Gasteiger partial charge in [-0.2, -0.15) is 0 Å². The van der Waals surface area contributed by atoms with Crippen LogP contribution in [0.15, 0.2) is 0 Å². The molecular weight excluding hydrogens is 394 g/mol. The van der Waals surface area contributed by atoms with Gasteiger partial charge in [0.25, 0.3) is 5.91 Å². The summed E-state index contributed by atoms with van der Waals surface area (Å²) in [5.41, 5.74) is 1.55. The number of hydrogen-bond donors (Lipinski definition) is 1. The molecule has 2 fully saturated rings. The molecule has 2 aliphatic heterocycles. The van der Waals surface area contributed by atoms with Gasteiger partial charge in [0.2, 0.25) is 5.91 Å². The number of amides is 2. The quantitative estimate of drug-likeness (QED) is 0.721. The lowest BCUT2D eigenvalue weighted by Gasteiger charge is -2.35. The predicted octanol–water partition coefficient (Wildman–Crippen LogP) is 1.29. The summed E-state index contributed by atoms with van der Waals surface area (Å²) in [5, 5.41) is 3.51. The molecule has 3 aliphatic rings. The Labute approximate surface area is 174 Å². The Morgan fingerprint density at radius 2 is 1.97 bits per heavy atom. The van der Waals surface area contributed by atoms with Crippen LogP contribution in [-0.4, -0.2) is 80.1 Å². The predicted molar refractivity (Wildman–Crippen MR) is 108 cm³/mol. The molecular formula is C20H27N3O5S. The van der Waals surface area contributed by atoms with Crippen molar-refractivity contribution >= 4 is 34.1 Å². The van der Waals surface area contributed by atoms with Crippen LogP contribution in [0.25, 0.3) is 0 Å². The number of nitrogens with one attached hydrogen (secondary N) is 1. The van der Waals surface area contributed by atoms with Crippen molar-refractivity contribution in [1.29, 1.82) is 0 Å². The van der Waals surface area contributed by atoms with E-state index in [9.17, 15) is 14.4 Å². The molecule has 0 saturated carbocycles. The number of thiophene rings is 1. The Morgan fingerprint density at radius 1 is 1.17 bits per heavy atom. The number of carbonyl (C=O) groups is 3. The van der Waals surface area contributed by atoms with Crippen LogP contribution in [0.1, 0.15) is 40.1 Å². The van der Waals surface area contributed by atoms with Crippen molar-refractivity contribution < 1.29 is 23.9 Å². The molecule has 1 N–H and O–H groups in total. The Kier molecular flexibility index (Phi) is 6.17. The molecule has 1 atom stereocenters. The second kappa shape index (κ2) is 8.81. The largest absolute Gasteiger partial charge is 0.465 e. The van der Waals surface area contributed by atoms with Crippen LogP contribution in [0.3, 0.4) is 0 Å². The molecule has 2 saturated heterocycles. The number of hydrogen-bond acceptors (Lipinski definition) is 7. The summed E-state index contributed by atoms with van der Waals surface area (Å²) < 4.78 is 10.4. The highest BCUT2D eigenvalue weighted by molar-refractivity contribution is 7.17. The highest BCUT2D eigenvalue weighted by atomic mass is 32.1. The van der Waals surface area contributed by atoms with Crippen LogP contribution in [0.4, 0.5) is 5.00 Å². The first-order chi connectivity index (χ1) is 14.1. The van der Waals surface area contributed by atoms with Gasteiger partial charge in [-0.25, -0.2) is 4.79 Å². The van der Waals surface area contributed by atoms with Gasteiger partial charge in [-0.15, -0.1) is 11.3 Å². The maximum atomic E-state index is 12.6. The van der Waals surface area contributed by atoms with Gasteiger partial charge in [0.05, 0.1) is 19.2 Å². The Hall–Kier alpha value is -1.97. The van der Waals surface area contributed by atoms with Crippen LogP contribution in [-0.2, 0) is 31.9 Å². The first kappa shape index (κ1) is 20.3. The molecule has 2 amide bonds. The van der Waals surface area contributed by atoms with E-state index in [4.69, 9.17) is 9.47 Å². The van der Waals surface area contributed by atoms with E-state index >= 15 is 0 Å². The summed E-state index contributed by atoms with van der Waals surface area (Å²) in [4.78, 5) is 42.3. The lowest BCUT2D eigenvalue weighted by molar-refractivity contribution is -0.142. The number of fused-ring (bicyclic) bond motifs is 1. The van der Waals surface area contributed by atoms with Gasteiger partial charge < -0.3 is 19.7 Å². The zero-order valence-electron chi connectivity index (χ0n) is 16.7. The monoisotopic (exact) mass is 421 g/mol. The van der Waals surface area contributed by atoms with Crippen molar-refractivity contribution in [2.24, 2.45) is 0 Å². The van der Waals surface area contributed by atoms with Crippen molar-refractivity contribution in [3.63, 3.8) is 0 Å². The molecule has 158 valence electrons. The standard InChI is InChI=1S/C20H27N3O5S/c1-27-20(26)17-13-4-2-6-15(13)29-18(17)21-16(24)12-22-7-9-23(10-8-22)19(25)14-5-3-11-28-14/h14H,2-12H2,1H3,(H,21,24). The smallest absolute Gasteiger partial charge is 0.341 e. The molecule has 3 heterocycles. The number of anilines is 1. The molecule has 1 aromatic heterocycles. The van der Waals surface area contributed by atoms with E-state index in [-0.39, 0.29) is 30.4 Å². The second-order valence-corrected chi connectivity index (χ2v) is 8.81. The van der Waals surface area contributed by atoms with Crippen LogP contribution in [0.2, 0.25) is 0 Å². The Morgan fingerprint density at radius 3 is 2.66 bits per heavy atom. The number of piperazine rings is 1. The minimum atomic E-state index is -0.388. The van der Waals surface area contributed by atoms with Crippen molar-refractivity contribution in [2.75, 3.05) is 51.8 Å². The second-order valence-electron chi connectivity index (χ2n) is 7.70. The molecule has 0 aromatic carbocycles. The van der Waals surface area contributed by atoms with E-state index < -0.39 is 0 Å². The first-order valence-electron chi connectivity index (χ1n) is 10.2. The van der Waals surface area contributed by atoms with Gasteiger partial charge in [-0.3, -0.25) is 14.5 Å². The third-order valence-corrected chi connectivity index (χ3v) is 7.03. The minimum absolute atomic E-state index is 0.0717. The van der Waals surface area contributed by atoms with Crippen LogP contribution in [0.5, 0.6) is 0 Å². The average Bonchev–Trinajstić information content (AvgIpc) is 3.45. The third kappa shape index (κ3) is 4.31. The highest BCUT2D eigenvalue weighted by Gasteiger charge is 2.31. The average molecular weight is 422 g/mol. The molecule has 1 unspecified atom stereocenters. The lowest BCUT2D eigenvalue weighted by Crippen LogP contribution is -2.52. The summed E-state index contributed by atoms with van der Waals surface area (Å²) in [5.74, 6) is -0.461. The molecule has 4 rings (SSSR count). The van der Waals surface area contributed by atoms with E-state index in [2.05, 4.69) is 5.32 Å². The van der Waals surface area contributed by atoms with Crippen LogP contribution >= 0.6 is 11.3 Å². The molecule has 29 heavy (non-hydrogen) atoms. The van der Waals surface area contributed by atoms with Gasteiger partial charge in [0.1, 0.15) is 11.1 Å². The van der Waals surface area contributed by atoms with Gasteiger partial charge in [-0.1, -0.05) is 0 Å². The van der Waals surface area contributed by atoms with Crippen molar-refractivity contribution in [3.05, 3.63) is 16.0 Å². The normalized spacial score (nSPS) is 21.8. The van der Waals surface area contributed by atoms with Gasteiger partial charge in [0.15, 0.2) is 0 Å². The molecule has 0 radical (unpaired) electrons. The topological polar surface area (TPSA) is 88.2 Å². The molecule has 9 heteroatoms. The molecule has 0 spiro atoms. The van der Waals surface area contributed by atoms with Gasteiger partial charge in [0, 0.05) is 37.7 Å². The maximum Gasteiger partial charge on any atom is 0.341 e. The summed E-state index contributed by atoms with van der Waals surface area (Å²) >= 11 is 1.48. The first-order valence-corrected chi connectivity index (χ1v) is 11.0. The van der Waals surface area contributed by atoms with Crippen LogP contribution in [0, 0.1) is 0 Å². The number of rotatable bonds is 5. The van der Waals surface area contributed by atoms with E-state index in [0.29, 0.717) is 43.4 Å². The molecule has 1 aromatic rings. The fourth-order valence-electron chi connectivity index (χ4n) is 4.28. The van der Waals surface area contributed by atoms with E-state index in [1.165, 1.54) is 23.3 Å². The van der Waals surface area contributed by atoms with E-state index in [1.807, 2.05) is 9.80 Å². The Balaban J connectivity index is 1.31. The maximum absolute atomic E-state index is 12.6. The number of carbonyl (C=O) groups excluding carboxylic acids is 3. The highest BCUT2D eigenvalue weighted by Crippen LogP contribution is 2.39. The SMILES string of the molecule is COC(=O)c1c(NC(=O)CN2CCN(C(=O)C3CCCO3)CC2)sc2c1CCC2. The van der Waals surface area contributed by atoms with Gasteiger partial charge in [-0.05, 0) is 37.7 Å². The fraction of sp³-hybridized carbons (Fsp3) is 0.650. The molecule has 0 bridgehead atoms. The number of nitrogens with zero attached hydrogens (tertiary/aromatic N) is 2. The molecule has 1 aliphatic carbocycles. The zero-order valence-corrected chi connectivity index (χ0v) is 17.5. The fourth-order valence-corrected chi connectivity index (χ4v) is 5.58. The number of ether oxygens (including phenoxy) is 2. The van der Waals surface area contributed by atoms with Crippen molar-refractivity contribution in [3.8, 4) is 0 Å².